The molecule has 1 aromatic carbocycles. The topological polar surface area (TPSA) is 60.9 Å². The summed E-state index contributed by atoms with van der Waals surface area (Å²) in [4.78, 5) is 29.0. The summed E-state index contributed by atoms with van der Waals surface area (Å²) in [5, 5.41) is 10.4. The Hall–Kier alpha value is -2.01. The third kappa shape index (κ3) is 3.09. The summed E-state index contributed by atoms with van der Waals surface area (Å²) in [7, 11) is 0. The van der Waals surface area contributed by atoms with Gasteiger partial charge in [-0.25, -0.2) is 0 Å². The number of fused-ring (bicyclic) bond motifs is 2. The minimum atomic E-state index is -0.833. The van der Waals surface area contributed by atoms with Crippen molar-refractivity contribution < 1.29 is 14.7 Å². The molecule has 1 amide bonds. The highest BCUT2D eigenvalue weighted by Gasteiger charge is 2.49. The maximum atomic E-state index is 13.1. The van der Waals surface area contributed by atoms with E-state index in [1.54, 1.807) is 0 Å². The number of carboxylic acid groups (broad SMARTS) is 1. The normalized spacial score (nSPS) is 30.5. The van der Waals surface area contributed by atoms with Crippen molar-refractivity contribution in [3.8, 4) is 0 Å². The van der Waals surface area contributed by atoms with Gasteiger partial charge < -0.3 is 14.9 Å². The van der Waals surface area contributed by atoms with Crippen LogP contribution in [0.1, 0.15) is 12.8 Å². The maximum absolute atomic E-state index is 13.1. The molecule has 4 atom stereocenters. The number of hydrogen-bond donors (Lipinski definition) is 1. The predicted octanol–water partition coefficient (Wildman–Crippen LogP) is 2.90. The van der Waals surface area contributed by atoms with Gasteiger partial charge in [-0.1, -0.05) is 29.8 Å². The van der Waals surface area contributed by atoms with E-state index in [2.05, 4.69) is 11.0 Å². The fraction of sp³-hybridized carbons (Fsp3) is 0.500. The Bertz CT molecular complexity index is 742. The van der Waals surface area contributed by atoms with E-state index >= 15 is 0 Å². The highest BCUT2D eigenvalue weighted by Crippen LogP contribution is 2.45. The minimum Gasteiger partial charge on any atom is -0.481 e. The number of anilines is 1. The van der Waals surface area contributed by atoms with Gasteiger partial charge in [0, 0.05) is 36.9 Å². The average Bonchev–Trinajstić information content (AvgIpc) is 2.67. The van der Waals surface area contributed by atoms with Crippen molar-refractivity contribution >= 4 is 29.2 Å². The number of rotatable bonds is 3. The van der Waals surface area contributed by atoms with Crippen molar-refractivity contribution in [1.82, 2.24) is 4.90 Å². The van der Waals surface area contributed by atoms with Crippen molar-refractivity contribution in [2.75, 3.05) is 31.1 Å². The Kier molecular flexibility index (Phi) is 4.65. The molecule has 0 unspecified atom stereocenters. The van der Waals surface area contributed by atoms with Crippen molar-refractivity contribution in [3.05, 3.63) is 41.4 Å². The van der Waals surface area contributed by atoms with E-state index in [1.807, 2.05) is 35.2 Å². The van der Waals surface area contributed by atoms with Crippen LogP contribution in [0.5, 0.6) is 0 Å². The van der Waals surface area contributed by atoms with Crippen LogP contribution in [0.3, 0.4) is 0 Å². The van der Waals surface area contributed by atoms with Crippen LogP contribution in [0.2, 0.25) is 5.02 Å². The number of amides is 1. The number of benzene rings is 1. The summed E-state index contributed by atoms with van der Waals surface area (Å²) in [6.45, 7) is 2.71. The molecule has 0 aromatic heterocycles. The molecular weight excluding hydrogens is 352 g/mol. The van der Waals surface area contributed by atoms with Crippen LogP contribution in [-0.2, 0) is 9.59 Å². The SMILES string of the molecule is O=C(O)[C@@H]1[C@H](C(=O)N2CCN(c3cccc(Cl)c3)CC2)[C@@H]2C=C[C@H]1CC2. The van der Waals surface area contributed by atoms with Gasteiger partial charge in [0.1, 0.15) is 0 Å². The van der Waals surface area contributed by atoms with E-state index in [4.69, 9.17) is 11.6 Å². The minimum absolute atomic E-state index is 0.000741. The van der Waals surface area contributed by atoms with Crippen LogP contribution < -0.4 is 4.90 Å². The molecule has 4 aliphatic rings. The van der Waals surface area contributed by atoms with Gasteiger partial charge in [0.15, 0.2) is 0 Å². The highest BCUT2D eigenvalue weighted by molar-refractivity contribution is 6.30. The molecule has 0 spiro atoms. The Morgan fingerprint density at radius 2 is 1.65 bits per heavy atom. The van der Waals surface area contributed by atoms with Gasteiger partial charge in [0.2, 0.25) is 5.91 Å². The molecule has 1 N–H and O–H groups in total. The molecule has 1 aliphatic heterocycles. The number of aliphatic carboxylic acids is 1. The Morgan fingerprint density at radius 3 is 2.23 bits per heavy atom. The number of nitrogens with zero attached hydrogens (tertiary/aromatic N) is 2. The number of carbonyl (C=O) groups is 2. The first-order valence-corrected chi connectivity index (χ1v) is 9.63. The van der Waals surface area contributed by atoms with E-state index in [1.165, 1.54) is 0 Å². The molecule has 26 heavy (non-hydrogen) atoms. The molecule has 138 valence electrons. The quantitative estimate of drug-likeness (QED) is 0.826. The summed E-state index contributed by atoms with van der Waals surface area (Å²) in [5.41, 5.74) is 1.06. The van der Waals surface area contributed by atoms with Gasteiger partial charge in [-0.2, -0.15) is 0 Å². The number of halogens is 1. The van der Waals surface area contributed by atoms with Crippen molar-refractivity contribution in [2.24, 2.45) is 23.7 Å². The number of carboxylic acids is 1. The lowest BCUT2D eigenvalue weighted by molar-refractivity contribution is -0.156. The van der Waals surface area contributed by atoms with E-state index in [0.29, 0.717) is 18.1 Å². The van der Waals surface area contributed by atoms with E-state index < -0.39 is 17.8 Å². The zero-order valence-electron chi connectivity index (χ0n) is 14.6. The van der Waals surface area contributed by atoms with Gasteiger partial charge in [-0.3, -0.25) is 9.59 Å². The van der Waals surface area contributed by atoms with Gasteiger partial charge in [-0.15, -0.1) is 0 Å². The average molecular weight is 375 g/mol. The van der Waals surface area contributed by atoms with Crippen LogP contribution in [0, 0.1) is 23.7 Å². The second kappa shape index (κ2) is 6.95. The molecule has 3 aliphatic carbocycles. The number of carbonyl (C=O) groups excluding carboxylic acids is 1. The lowest BCUT2D eigenvalue weighted by Gasteiger charge is -2.45. The number of hydrogen-bond acceptors (Lipinski definition) is 3. The van der Waals surface area contributed by atoms with Gasteiger partial charge in [0.05, 0.1) is 11.8 Å². The standard InChI is InChI=1S/C20H23ClN2O3/c21-15-2-1-3-16(12-15)22-8-10-23(11-9-22)19(24)17-13-4-6-14(7-5-13)18(17)20(25)26/h1-4,6,12-14,17-18H,5,7-11H2,(H,25,26)/t13-,14+,17-,18+/m1/s1. The lowest BCUT2D eigenvalue weighted by Crippen LogP contribution is -2.55. The van der Waals surface area contributed by atoms with Crippen molar-refractivity contribution in [1.29, 1.82) is 0 Å². The molecule has 5 nitrogen and oxygen atoms in total. The summed E-state index contributed by atoms with van der Waals surface area (Å²) >= 11 is 6.07. The molecule has 1 aromatic rings. The van der Waals surface area contributed by atoms with Crippen LogP contribution in [0.25, 0.3) is 0 Å². The molecule has 1 heterocycles. The third-order valence-electron chi connectivity index (χ3n) is 6.08. The zero-order valence-corrected chi connectivity index (χ0v) is 15.3. The highest BCUT2D eigenvalue weighted by atomic mass is 35.5. The van der Waals surface area contributed by atoms with E-state index in [9.17, 15) is 14.7 Å². The van der Waals surface area contributed by atoms with Gasteiger partial charge in [-0.05, 0) is 42.9 Å². The Labute approximate surface area is 158 Å². The lowest BCUT2D eigenvalue weighted by atomic mass is 9.62. The fourth-order valence-electron chi connectivity index (χ4n) is 4.74. The molecule has 1 saturated carbocycles. The second-order valence-corrected chi connectivity index (χ2v) is 7.91. The molecule has 5 rings (SSSR count). The molecule has 2 bridgehead atoms. The smallest absolute Gasteiger partial charge is 0.307 e. The van der Waals surface area contributed by atoms with Crippen molar-refractivity contribution in [3.63, 3.8) is 0 Å². The molecule has 6 heteroatoms. The first kappa shape index (κ1) is 17.4. The fourth-order valence-corrected chi connectivity index (χ4v) is 4.92. The first-order chi connectivity index (χ1) is 12.5. The van der Waals surface area contributed by atoms with E-state index in [-0.39, 0.29) is 17.7 Å². The van der Waals surface area contributed by atoms with Crippen LogP contribution in [0.4, 0.5) is 5.69 Å². The van der Waals surface area contributed by atoms with Crippen LogP contribution in [-0.4, -0.2) is 48.1 Å². The van der Waals surface area contributed by atoms with Gasteiger partial charge >= 0.3 is 5.97 Å². The van der Waals surface area contributed by atoms with Gasteiger partial charge in [0.25, 0.3) is 0 Å². The first-order valence-electron chi connectivity index (χ1n) is 9.25. The molecule has 1 saturated heterocycles. The summed E-state index contributed by atoms with van der Waals surface area (Å²) < 4.78 is 0. The second-order valence-electron chi connectivity index (χ2n) is 7.47. The van der Waals surface area contributed by atoms with Crippen LogP contribution >= 0.6 is 11.6 Å². The van der Waals surface area contributed by atoms with E-state index in [0.717, 1.165) is 31.6 Å². The van der Waals surface area contributed by atoms with Crippen LogP contribution in [0.15, 0.2) is 36.4 Å². The molecule has 0 radical (unpaired) electrons. The molecular formula is C20H23ClN2O3. The summed E-state index contributed by atoms with van der Waals surface area (Å²) in [5.74, 6) is -1.73. The third-order valence-corrected chi connectivity index (χ3v) is 6.32. The Balaban J connectivity index is 1.45. The van der Waals surface area contributed by atoms with Crippen molar-refractivity contribution in [2.45, 2.75) is 12.8 Å². The Morgan fingerprint density at radius 1 is 1.00 bits per heavy atom. The molecule has 2 fully saturated rings. The largest absolute Gasteiger partial charge is 0.481 e. The summed E-state index contributed by atoms with van der Waals surface area (Å²) in [6, 6.07) is 7.74. The maximum Gasteiger partial charge on any atom is 0.307 e. The number of piperazine rings is 1. The predicted molar refractivity (Wildman–Crippen MR) is 100 cm³/mol. The zero-order chi connectivity index (χ0) is 18.3. The number of allylic oxidation sites excluding steroid dienone is 2. The summed E-state index contributed by atoms with van der Waals surface area (Å²) in [6.07, 6.45) is 5.88. The monoisotopic (exact) mass is 374 g/mol.